The molecule has 1 spiro atoms. The number of carbonyl (C=O) groups is 1. The number of hydrogen-bond donors (Lipinski definition) is 2. The Bertz CT molecular complexity index is 2590. The van der Waals surface area contributed by atoms with Gasteiger partial charge in [-0.3, -0.25) is 14.0 Å². The van der Waals surface area contributed by atoms with Gasteiger partial charge >= 0.3 is 57.4 Å². The summed E-state index contributed by atoms with van der Waals surface area (Å²) in [7, 11) is 3.50. The molecule has 0 radical (unpaired) electrons. The van der Waals surface area contributed by atoms with Crippen LogP contribution >= 0.6 is 12.1 Å². The predicted molar refractivity (Wildman–Crippen MR) is 230 cm³/mol. The van der Waals surface area contributed by atoms with E-state index < -0.39 is 40.3 Å². The fraction of sp³-hybridized carbons (Fsp3) is 0.442. The number of amides is 2. The summed E-state index contributed by atoms with van der Waals surface area (Å²) in [6.07, 6.45) is 7.02. The third-order valence-corrected chi connectivity index (χ3v) is 13.6. The van der Waals surface area contributed by atoms with Crippen molar-refractivity contribution in [1.82, 2.24) is 28.5 Å². The molecular weight excluding hydrogens is 865 g/mol. The fourth-order valence-corrected chi connectivity index (χ4v) is 9.76. The number of aromatic nitrogens is 4. The van der Waals surface area contributed by atoms with Crippen molar-refractivity contribution in [2.75, 3.05) is 49.5 Å². The van der Waals surface area contributed by atoms with Crippen LogP contribution in [0.4, 0.5) is 29.5 Å². The molecule has 1 atom stereocenters. The number of piperidine rings is 1. The van der Waals surface area contributed by atoms with Gasteiger partial charge in [-0.05, 0) is 93.8 Å². The third-order valence-electron chi connectivity index (χ3n) is 12.7. The normalized spacial score (nSPS) is 19.8. The van der Waals surface area contributed by atoms with E-state index in [1.807, 2.05) is 36.5 Å². The van der Waals surface area contributed by atoms with E-state index in [4.69, 9.17) is 15.2 Å². The van der Waals surface area contributed by atoms with Gasteiger partial charge in [0.25, 0.3) is 5.56 Å². The van der Waals surface area contributed by atoms with Crippen molar-refractivity contribution in [3.8, 4) is 17.6 Å². The summed E-state index contributed by atoms with van der Waals surface area (Å²) in [5, 5.41) is 14.5. The van der Waals surface area contributed by atoms with Crippen molar-refractivity contribution >= 4 is 51.5 Å². The van der Waals surface area contributed by atoms with Crippen molar-refractivity contribution in [1.29, 1.82) is 5.26 Å². The minimum absolute atomic E-state index is 0. The maximum Gasteiger partial charge on any atom is 1.00 e. The van der Waals surface area contributed by atoms with Crippen molar-refractivity contribution in [2.24, 2.45) is 12.8 Å². The van der Waals surface area contributed by atoms with E-state index in [2.05, 4.69) is 26.6 Å². The van der Waals surface area contributed by atoms with Gasteiger partial charge in [0.05, 0.1) is 35.8 Å². The maximum absolute atomic E-state index is 16.2. The van der Waals surface area contributed by atoms with Crippen LogP contribution in [0.25, 0.3) is 21.8 Å². The first-order valence-corrected chi connectivity index (χ1v) is 21.3. The zero-order valence-electron chi connectivity index (χ0n) is 35.7. The number of nitrogens with two attached hydrogens (primary N) is 1. The molecule has 1 aliphatic carbocycles. The van der Waals surface area contributed by atoms with Crippen LogP contribution < -0.4 is 77.0 Å². The van der Waals surface area contributed by atoms with Gasteiger partial charge in [-0.15, -0.1) is 0 Å². The summed E-state index contributed by atoms with van der Waals surface area (Å²) < 4.78 is 67.3. The average Bonchev–Trinajstić information content (AvgIpc) is 3.82. The summed E-state index contributed by atoms with van der Waals surface area (Å²) in [6.45, 7) is 8.38. The third kappa shape index (κ3) is 9.37. The predicted octanol–water partition coefficient (Wildman–Crippen LogP) is 4.36. The molecule has 5 aromatic rings. The van der Waals surface area contributed by atoms with Crippen molar-refractivity contribution in [3.05, 3.63) is 88.6 Å². The summed E-state index contributed by atoms with van der Waals surface area (Å²) in [5.41, 5.74) is 5.73. The van der Waals surface area contributed by atoms with Gasteiger partial charge in [-0.25, -0.2) is 27.3 Å². The number of nitrogens with one attached hydrogen (secondary N) is 1. The molecule has 0 bridgehead atoms. The number of fused-ring (bicyclic) bond motifs is 2. The minimum Gasteiger partial charge on any atom is -0.870 e. The number of rotatable bonds is 11. The van der Waals surface area contributed by atoms with Crippen molar-refractivity contribution in [2.45, 2.75) is 75.5 Å². The number of primary amides is 1. The number of halogens is 3. The van der Waals surface area contributed by atoms with Gasteiger partial charge in [-0.1, -0.05) is 19.5 Å². The summed E-state index contributed by atoms with van der Waals surface area (Å²) in [6, 6.07) is 10.1. The maximum atomic E-state index is 16.2. The molecule has 1 saturated carbocycles. The summed E-state index contributed by atoms with van der Waals surface area (Å²) in [5.74, 6) is -2.71. The Balaban J connectivity index is 0.00000330. The van der Waals surface area contributed by atoms with Gasteiger partial charge in [0.2, 0.25) is 0 Å². The topological polar surface area (TPSA) is 190 Å². The fourth-order valence-electron chi connectivity index (χ4n) is 9.21. The first-order valence-electron chi connectivity index (χ1n) is 20.5. The van der Waals surface area contributed by atoms with Crippen LogP contribution in [0.1, 0.15) is 75.0 Å². The molecule has 2 amide bonds. The zero-order chi connectivity index (χ0) is 43.2. The number of aryl methyl sites for hydroxylation is 1. The van der Waals surface area contributed by atoms with E-state index >= 15 is 13.2 Å². The standard InChI is InChI=1S/C43H48F3N10O4S.K.H2O/c1-5-52(3)61-51-32-14-13-31(44)39(30(32)22-47)60-34-16-15-33-35(37(34)46)41(57)56(24-49-33)27-21-43(59-23-27)17-19-54(20-18-43)26-9-7-25(8-10-26)28-11-12-29-38(36(28)45)53(4)50-40(29)55(6-2)42(48)58;;/h11-16,24-27,51H,2,5-10,17-21,23H2,1,3-4H3,(H2,48,58);;1H2/q-1;+1;/p-1. The average molecular weight is 914 g/mol. The van der Waals surface area contributed by atoms with Crippen LogP contribution in [0.2, 0.25) is 0 Å². The monoisotopic (exact) mass is 913 g/mol. The van der Waals surface area contributed by atoms with Crippen molar-refractivity contribution in [3.63, 3.8) is 0 Å². The first kappa shape index (κ1) is 48.7. The second-order valence-corrected chi connectivity index (χ2v) is 17.1. The zero-order valence-corrected chi connectivity index (χ0v) is 39.7. The molecule has 3 aromatic carbocycles. The van der Waals surface area contributed by atoms with E-state index in [9.17, 15) is 14.9 Å². The number of anilines is 2. The molecule has 2 aromatic heterocycles. The van der Waals surface area contributed by atoms with Gasteiger partial charge < -0.3 is 42.1 Å². The Labute approximate surface area is 410 Å². The number of nitriles is 1. The summed E-state index contributed by atoms with van der Waals surface area (Å²) >= 11 is 1.21. The molecule has 20 heteroatoms. The summed E-state index contributed by atoms with van der Waals surface area (Å²) in [4.78, 5) is 34.1. The Morgan fingerprint density at radius 2 is 1.84 bits per heavy atom. The molecule has 3 aliphatic rings. The quantitative estimate of drug-likeness (QED) is 0.108. The number of carbonyl (C=O) groups excluding carboxylic acids is 1. The smallest absolute Gasteiger partial charge is 0.870 e. The van der Waals surface area contributed by atoms with Gasteiger partial charge in [0.15, 0.2) is 34.8 Å². The SMILES string of the molecule is [CH2-]CN(C(N)=O)c1nn(C)c2c(F)c(C3CCC(N4CCC5(CC4)CC(n4cnc6ccc(Oc7c(F)ccc(NSN(C)CC)c7C#N)c(F)c6c4=O)CO5)CC3)ccc12.[K+].[OH-]. The number of nitrogens with zero attached hydrogens (tertiary/aromatic N) is 8. The van der Waals surface area contributed by atoms with E-state index in [0.29, 0.717) is 41.3 Å². The molecule has 330 valence electrons. The Morgan fingerprint density at radius 1 is 1.11 bits per heavy atom. The van der Waals surface area contributed by atoms with Crippen LogP contribution in [-0.2, 0) is 11.8 Å². The molecule has 4 N–H and O–H groups in total. The van der Waals surface area contributed by atoms with E-state index in [1.165, 1.54) is 50.8 Å². The number of likely N-dealkylation sites (tertiary alicyclic amines) is 1. The van der Waals surface area contributed by atoms with E-state index in [-0.39, 0.29) is 110 Å². The van der Waals surface area contributed by atoms with Crippen LogP contribution in [0.3, 0.4) is 0 Å². The minimum atomic E-state index is -1.00. The number of benzene rings is 3. The Hall–Kier alpha value is -3.75. The van der Waals surface area contributed by atoms with E-state index in [1.54, 1.807) is 7.05 Å². The largest absolute Gasteiger partial charge is 1.00 e. The Kier molecular flexibility index (Phi) is 15.6. The van der Waals surface area contributed by atoms with E-state index in [0.717, 1.165) is 57.7 Å². The number of urea groups is 1. The van der Waals surface area contributed by atoms with Crippen LogP contribution in [0.15, 0.2) is 47.5 Å². The molecule has 8 rings (SSSR count). The van der Waals surface area contributed by atoms with Crippen LogP contribution in [-0.4, -0.2) is 91.5 Å². The van der Waals surface area contributed by atoms with Gasteiger partial charge in [-0.2, -0.15) is 10.4 Å². The Morgan fingerprint density at radius 3 is 2.51 bits per heavy atom. The number of ether oxygens (including phenoxy) is 2. The molecule has 2 saturated heterocycles. The second-order valence-electron chi connectivity index (χ2n) is 16.1. The molecular formula is C43H49F3KN10O5S-. The van der Waals surface area contributed by atoms with Gasteiger partial charge in [0, 0.05) is 50.2 Å². The molecule has 2 aliphatic heterocycles. The molecule has 1 unspecified atom stereocenters. The first-order chi connectivity index (χ1) is 29.4. The number of hydrogen-bond acceptors (Lipinski definition) is 12. The van der Waals surface area contributed by atoms with Crippen LogP contribution in [0.5, 0.6) is 11.5 Å². The molecule has 15 nitrogen and oxygen atoms in total. The van der Waals surface area contributed by atoms with Crippen LogP contribution in [0, 0.1) is 35.7 Å². The second kappa shape index (κ2) is 20.2. The van der Waals surface area contributed by atoms with Crippen molar-refractivity contribution < 1.29 is 84.3 Å². The van der Waals surface area contributed by atoms with Gasteiger partial charge in [0.1, 0.15) is 22.5 Å². The molecule has 4 heterocycles. The molecule has 63 heavy (non-hydrogen) atoms. The molecule has 3 fully saturated rings.